The van der Waals surface area contributed by atoms with Gasteiger partial charge in [0.2, 0.25) is 0 Å². The van der Waals surface area contributed by atoms with E-state index in [1.807, 2.05) is 36.4 Å². The number of nitrogens with one attached hydrogen (secondary N) is 1. The van der Waals surface area contributed by atoms with Crippen LogP contribution in [0.3, 0.4) is 0 Å². The first-order valence-corrected chi connectivity index (χ1v) is 10.4. The van der Waals surface area contributed by atoms with Crippen LogP contribution < -0.4 is 10.1 Å². The van der Waals surface area contributed by atoms with Crippen LogP contribution in [0.15, 0.2) is 36.4 Å². The molecule has 1 heterocycles. The number of nitrogens with zero attached hydrogens (tertiary/aromatic N) is 2. The van der Waals surface area contributed by atoms with Crippen LogP contribution in [0.25, 0.3) is 11.3 Å². The van der Waals surface area contributed by atoms with Gasteiger partial charge in [-0.1, -0.05) is 12.1 Å². The van der Waals surface area contributed by atoms with Crippen molar-refractivity contribution in [3.8, 4) is 17.0 Å². The maximum atomic E-state index is 11.0. The van der Waals surface area contributed by atoms with Gasteiger partial charge in [0.25, 0.3) is 0 Å². The molecule has 0 amide bonds. The van der Waals surface area contributed by atoms with E-state index in [1.54, 1.807) is 7.11 Å². The number of hydrogen-bond donors (Lipinski definition) is 2. The van der Waals surface area contributed by atoms with Gasteiger partial charge < -0.3 is 15.2 Å². The Labute approximate surface area is 166 Å². The summed E-state index contributed by atoms with van der Waals surface area (Å²) in [5.74, 6) is 2.98. The van der Waals surface area contributed by atoms with Gasteiger partial charge in [-0.3, -0.25) is 0 Å². The van der Waals surface area contributed by atoms with E-state index in [4.69, 9.17) is 4.74 Å². The van der Waals surface area contributed by atoms with Gasteiger partial charge in [-0.25, -0.2) is 0 Å². The zero-order chi connectivity index (χ0) is 19.4. The molecule has 4 aliphatic carbocycles. The molecule has 6 rings (SSSR count). The number of benzene rings is 1. The molecule has 28 heavy (non-hydrogen) atoms. The van der Waals surface area contributed by atoms with Crippen LogP contribution in [0, 0.1) is 17.3 Å². The Morgan fingerprint density at radius 2 is 1.82 bits per heavy atom. The quantitative estimate of drug-likeness (QED) is 0.811. The average molecular weight is 380 g/mol. The third kappa shape index (κ3) is 2.96. The zero-order valence-corrected chi connectivity index (χ0v) is 16.7. The Hall–Kier alpha value is -2.14. The molecule has 4 fully saturated rings. The summed E-state index contributed by atoms with van der Waals surface area (Å²) in [7, 11) is 1.67. The first-order chi connectivity index (χ1) is 13.5. The molecule has 148 valence electrons. The molecule has 1 aromatic carbocycles. The standard InChI is InChI=1S/C23H29N3O2/c1-15(22-10-16-9-17(11-22)13-23(27,12-16)14-22)24-21-8-7-19(25-26-21)18-5-3-4-6-20(18)28-2/h3-8,15-17,27H,9-14H2,1-2H3,(H,24,26). The molecule has 5 heteroatoms. The van der Waals surface area contributed by atoms with Crippen LogP contribution in [-0.2, 0) is 0 Å². The number of methoxy groups -OCH3 is 1. The van der Waals surface area contributed by atoms with Crippen LogP contribution >= 0.6 is 0 Å². The summed E-state index contributed by atoms with van der Waals surface area (Å²) in [5, 5.41) is 23.5. The van der Waals surface area contributed by atoms with Gasteiger partial charge in [0.15, 0.2) is 0 Å². The van der Waals surface area contributed by atoms with E-state index in [0.29, 0.717) is 11.8 Å². The second kappa shape index (κ2) is 6.45. The summed E-state index contributed by atoms with van der Waals surface area (Å²) >= 11 is 0. The summed E-state index contributed by atoms with van der Waals surface area (Å²) in [5.41, 5.74) is 1.50. The maximum Gasteiger partial charge on any atom is 0.148 e. The summed E-state index contributed by atoms with van der Waals surface area (Å²) in [6.45, 7) is 2.26. The number of aromatic nitrogens is 2. The molecule has 0 aliphatic heterocycles. The van der Waals surface area contributed by atoms with Crippen LogP contribution in [0.4, 0.5) is 5.82 Å². The van der Waals surface area contributed by atoms with Gasteiger partial charge in [-0.2, -0.15) is 0 Å². The van der Waals surface area contributed by atoms with E-state index >= 15 is 0 Å². The van der Waals surface area contributed by atoms with Gasteiger partial charge in [-0.15, -0.1) is 10.2 Å². The fraction of sp³-hybridized carbons (Fsp3) is 0.565. The van der Waals surface area contributed by atoms with Crippen LogP contribution in [0.5, 0.6) is 5.75 Å². The maximum absolute atomic E-state index is 11.0. The van der Waals surface area contributed by atoms with E-state index in [2.05, 4.69) is 22.4 Å². The first kappa shape index (κ1) is 17.9. The molecular weight excluding hydrogens is 350 g/mol. The number of aliphatic hydroxyl groups is 1. The number of rotatable bonds is 5. The van der Waals surface area contributed by atoms with Crippen molar-refractivity contribution in [3.05, 3.63) is 36.4 Å². The molecule has 5 nitrogen and oxygen atoms in total. The Kier molecular flexibility index (Phi) is 4.13. The monoisotopic (exact) mass is 379 g/mol. The predicted octanol–water partition coefficient (Wildman–Crippen LogP) is 4.28. The third-order valence-electron chi connectivity index (χ3n) is 7.41. The minimum Gasteiger partial charge on any atom is -0.496 e. The molecule has 2 N–H and O–H groups in total. The lowest BCUT2D eigenvalue weighted by atomic mass is 9.46. The fourth-order valence-electron chi connectivity index (χ4n) is 6.57. The van der Waals surface area contributed by atoms with Crippen molar-refractivity contribution >= 4 is 5.82 Å². The van der Waals surface area contributed by atoms with Gasteiger partial charge in [0.05, 0.1) is 18.4 Å². The van der Waals surface area contributed by atoms with E-state index in [9.17, 15) is 5.11 Å². The molecule has 0 saturated heterocycles. The number of anilines is 1. The van der Waals surface area contributed by atoms with Gasteiger partial charge >= 0.3 is 0 Å². The number of ether oxygens (including phenoxy) is 1. The van der Waals surface area contributed by atoms with E-state index in [1.165, 1.54) is 19.3 Å². The van der Waals surface area contributed by atoms with Crippen LogP contribution in [-0.4, -0.2) is 34.1 Å². The minimum atomic E-state index is -0.431. The topological polar surface area (TPSA) is 67.3 Å². The number of hydrogen-bond acceptors (Lipinski definition) is 5. The Morgan fingerprint density at radius 3 is 2.46 bits per heavy atom. The molecule has 2 aromatic rings. The van der Waals surface area contributed by atoms with Crippen LogP contribution in [0.1, 0.15) is 45.4 Å². The van der Waals surface area contributed by atoms with Crippen molar-refractivity contribution in [1.82, 2.24) is 10.2 Å². The lowest BCUT2D eigenvalue weighted by Gasteiger charge is -2.62. The molecule has 1 aromatic heterocycles. The molecule has 3 atom stereocenters. The zero-order valence-electron chi connectivity index (χ0n) is 16.7. The highest BCUT2D eigenvalue weighted by Crippen LogP contribution is 2.63. The van der Waals surface area contributed by atoms with E-state index in [-0.39, 0.29) is 11.5 Å². The Balaban J connectivity index is 1.34. The van der Waals surface area contributed by atoms with Crippen molar-refractivity contribution in [2.45, 2.75) is 57.1 Å². The van der Waals surface area contributed by atoms with Crippen molar-refractivity contribution in [2.24, 2.45) is 17.3 Å². The van der Waals surface area contributed by atoms with Crippen molar-refractivity contribution in [2.75, 3.05) is 12.4 Å². The van der Waals surface area contributed by atoms with Crippen molar-refractivity contribution < 1.29 is 9.84 Å². The average Bonchev–Trinajstić information content (AvgIpc) is 2.66. The lowest BCUT2D eigenvalue weighted by Crippen LogP contribution is -2.60. The fourth-order valence-corrected chi connectivity index (χ4v) is 6.57. The van der Waals surface area contributed by atoms with Gasteiger partial charge in [0, 0.05) is 11.6 Å². The third-order valence-corrected chi connectivity index (χ3v) is 7.41. The van der Waals surface area contributed by atoms with Gasteiger partial charge in [0.1, 0.15) is 11.6 Å². The summed E-state index contributed by atoms with van der Waals surface area (Å²) in [6, 6.07) is 12.1. The Bertz CT molecular complexity index is 852. The highest BCUT2D eigenvalue weighted by molar-refractivity contribution is 5.67. The van der Waals surface area contributed by atoms with E-state index in [0.717, 1.165) is 42.1 Å². The number of para-hydroxylation sites is 1. The molecule has 0 radical (unpaired) electrons. The van der Waals surface area contributed by atoms with Gasteiger partial charge in [-0.05, 0) is 87.0 Å². The highest BCUT2D eigenvalue weighted by atomic mass is 16.5. The predicted molar refractivity (Wildman–Crippen MR) is 109 cm³/mol. The largest absolute Gasteiger partial charge is 0.496 e. The summed E-state index contributed by atoms with van der Waals surface area (Å²) < 4.78 is 5.43. The Morgan fingerprint density at radius 1 is 1.07 bits per heavy atom. The molecule has 4 saturated carbocycles. The molecule has 4 bridgehead atoms. The van der Waals surface area contributed by atoms with E-state index < -0.39 is 5.60 Å². The second-order valence-electron chi connectivity index (χ2n) is 9.42. The van der Waals surface area contributed by atoms with Crippen LogP contribution in [0.2, 0.25) is 0 Å². The lowest BCUT2D eigenvalue weighted by molar-refractivity contribution is -0.167. The molecular formula is C23H29N3O2. The molecule has 4 aliphatic rings. The summed E-state index contributed by atoms with van der Waals surface area (Å²) in [6.07, 6.45) is 6.70. The SMILES string of the molecule is COc1ccccc1-c1ccc(NC(C)C23CC4CC(CC(O)(C4)C2)C3)nn1. The highest BCUT2D eigenvalue weighted by Gasteiger charge is 2.58. The molecule has 3 unspecified atom stereocenters. The normalized spacial score (nSPS) is 34.2. The summed E-state index contributed by atoms with van der Waals surface area (Å²) in [4.78, 5) is 0. The minimum absolute atomic E-state index is 0.182. The van der Waals surface area contributed by atoms with Crippen molar-refractivity contribution in [3.63, 3.8) is 0 Å². The molecule has 0 spiro atoms. The first-order valence-electron chi connectivity index (χ1n) is 10.4. The smallest absolute Gasteiger partial charge is 0.148 e. The second-order valence-corrected chi connectivity index (χ2v) is 9.42. The van der Waals surface area contributed by atoms with Crippen molar-refractivity contribution in [1.29, 1.82) is 0 Å².